The van der Waals surface area contributed by atoms with E-state index in [-0.39, 0.29) is 11.0 Å². The Morgan fingerprint density at radius 2 is 2.19 bits per heavy atom. The molecule has 7 heteroatoms. The molecule has 1 aromatic rings. The van der Waals surface area contributed by atoms with Crippen LogP contribution in [0.15, 0.2) is 22.7 Å². The molecule has 86 valence electrons. The maximum Gasteiger partial charge on any atom is 0.270 e. The van der Waals surface area contributed by atoms with E-state index in [9.17, 15) is 4.79 Å². The minimum Gasteiger partial charge on any atom is -0.497 e. The number of amides is 1. The fourth-order valence-electron chi connectivity index (χ4n) is 0.991. The van der Waals surface area contributed by atoms with Crippen molar-refractivity contribution in [2.75, 3.05) is 7.11 Å². The van der Waals surface area contributed by atoms with Gasteiger partial charge >= 0.3 is 0 Å². The number of nitrogens with one attached hydrogen (secondary N) is 2. The van der Waals surface area contributed by atoms with E-state index in [1.54, 1.807) is 18.2 Å². The lowest BCUT2D eigenvalue weighted by Crippen LogP contribution is -2.44. The van der Waals surface area contributed by atoms with Gasteiger partial charge in [-0.25, -0.2) is 0 Å². The number of thiocarbonyl (C=S) groups is 1. The molecular weight excluding hydrogens is 294 g/mol. The van der Waals surface area contributed by atoms with Crippen LogP contribution in [-0.2, 0) is 0 Å². The van der Waals surface area contributed by atoms with Gasteiger partial charge in [0.1, 0.15) is 5.75 Å². The molecule has 0 radical (unpaired) electrons. The number of ether oxygens (including phenoxy) is 1. The lowest BCUT2D eigenvalue weighted by molar-refractivity contribution is 0.0943. The van der Waals surface area contributed by atoms with Crippen LogP contribution in [0, 0.1) is 0 Å². The second-order valence-corrected chi connectivity index (χ2v) is 4.08. The van der Waals surface area contributed by atoms with Crippen molar-refractivity contribution in [1.29, 1.82) is 0 Å². The molecule has 0 aliphatic heterocycles. The van der Waals surface area contributed by atoms with E-state index in [1.807, 2.05) is 0 Å². The summed E-state index contributed by atoms with van der Waals surface area (Å²) in [5.74, 6) is 0.224. The zero-order valence-corrected chi connectivity index (χ0v) is 10.8. The average Bonchev–Trinajstić information content (AvgIpc) is 2.26. The molecule has 0 saturated carbocycles. The van der Waals surface area contributed by atoms with Crippen molar-refractivity contribution in [2.24, 2.45) is 5.73 Å². The summed E-state index contributed by atoms with van der Waals surface area (Å²) in [7, 11) is 1.53. The van der Waals surface area contributed by atoms with Crippen LogP contribution < -0.4 is 21.3 Å². The third-order valence-corrected chi connectivity index (χ3v) is 2.51. The molecule has 0 aromatic heterocycles. The Balaban J connectivity index is 2.85. The van der Waals surface area contributed by atoms with Gasteiger partial charge in [0, 0.05) is 4.47 Å². The normalized spacial score (nSPS) is 9.38. The molecule has 0 aliphatic rings. The Kier molecular flexibility index (Phi) is 4.51. The molecule has 0 saturated heterocycles. The Hall–Kier alpha value is -1.34. The maximum absolute atomic E-state index is 11.7. The number of carbonyl (C=O) groups excluding carboxylic acids is 1. The van der Waals surface area contributed by atoms with Gasteiger partial charge in [0.2, 0.25) is 0 Å². The van der Waals surface area contributed by atoms with Gasteiger partial charge in [-0.05, 0) is 46.3 Å². The standard InChI is InChI=1S/C9H10BrN3O2S/c1-15-5-2-3-7(10)6(4-5)8(14)12-13-9(11)16/h2-4H,1H3,(H,12,14)(H3,11,13,16). The third kappa shape index (κ3) is 3.35. The van der Waals surface area contributed by atoms with E-state index in [0.717, 1.165) is 0 Å². The zero-order chi connectivity index (χ0) is 12.1. The van der Waals surface area contributed by atoms with Crippen LogP contribution in [0.3, 0.4) is 0 Å². The first kappa shape index (κ1) is 12.7. The topological polar surface area (TPSA) is 76.4 Å². The number of hydrogen-bond acceptors (Lipinski definition) is 3. The highest BCUT2D eigenvalue weighted by Gasteiger charge is 2.10. The number of hydrogen-bond donors (Lipinski definition) is 3. The van der Waals surface area contributed by atoms with Crippen molar-refractivity contribution < 1.29 is 9.53 Å². The highest BCUT2D eigenvalue weighted by molar-refractivity contribution is 9.10. The number of benzene rings is 1. The van der Waals surface area contributed by atoms with Crippen LogP contribution >= 0.6 is 28.1 Å². The van der Waals surface area contributed by atoms with E-state index in [1.165, 1.54) is 7.11 Å². The van der Waals surface area contributed by atoms with Gasteiger partial charge in [-0.1, -0.05) is 0 Å². The van der Waals surface area contributed by atoms with Gasteiger partial charge < -0.3 is 10.5 Å². The zero-order valence-electron chi connectivity index (χ0n) is 8.41. The molecule has 16 heavy (non-hydrogen) atoms. The van der Waals surface area contributed by atoms with E-state index >= 15 is 0 Å². The number of rotatable bonds is 2. The quantitative estimate of drug-likeness (QED) is 0.560. The first-order valence-electron chi connectivity index (χ1n) is 4.24. The molecule has 1 aromatic carbocycles. The number of halogens is 1. The minimum absolute atomic E-state index is 0.00707. The molecule has 0 heterocycles. The molecule has 4 N–H and O–H groups in total. The summed E-state index contributed by atoms with van der Waals surface area (Å²) in [5, 5.41) is -0.00707. The van der Waals surface area contributed by atoms with E-state index in [0.29, 0.717) is 15.8 Å². The highest BCUT2D eigenvalue weighted by atomic mass is 79.9. The van der Waals surface area contributed by atoms with Crippen LogP contribution in [0.5, 0.6) is 5.75 Å². The monoisotopic (exact) mass is 303 g/mol. The molecule has 0 atom stereocenters. The smallest absolute Gasteiger partial charge is 0.270 e. The summed E-state index contributed by atoms with van der Waals surface area (Å²) >= 11 is 7.82. The molecular formula is C9H10BrN3O2S. The highest BCUT2D eigenvalue weighted by Crippen LogP contribution is 2.22. The lowest BCUT2D eigenvalue weighted by atomic mass is 10.2. The number of methoxy groups -OCH3 is 1. The van der Waals surface area contributed by atoms with Gasteiger partial charge in [-0.3, -0.25) is 15.6 Å². The third-order valence-electron chi connectivity index (χ3n) is 1.72. The van der Waals surface area contributed by atoms with Crippen molar-refractivity contribution in [3.8, 4) is 5.75 Å². The molecule has 0 unspecified atom stereocenters. The van der Waals surface area contributed by atoms with Gasteiger partial charge in [0.15, 0.2) is 5.11 Å². The fraction of sp³-hybridized carbons (Fsp3) is 0.111. The summed E-state index contributed by atoms with van der Waals surface area (Å²) in [6, 6.07) is 5.05. The summed E-state index contributed by atoms with van der Waals surface area (Å²) in [6.07, 6.45) is 0. The second-order valence-electron chi connectivity index (χ2n) is 2.79. The summed E-state index contributed by atoms with van der Waals surface area (Å²) in [6.45, 7) is 0. The molecule has 0 aliphatic carbocycles. The van der Waals surface area contributed by atoms with Crippen LogP contribution in [0.2, 0.25) is 0 Å². The molecule has 0 fully saturated rings. The van der Waals surface area contributed by atoms with Crippen LogP contribution in [0.25, 0.3) is 0 Å². The van der Waals surface area contributed by atoms with Gasteiger partial charge in [-0.15, -0.1) is 0 Å². The Morgan fingerprint density at radius 1 is 1.50 bits per heavy atom. The van der Waals surface area contributed by atoms with Gasteiger partial charge in [0.25, 0.3) is 5.91 Å². The van der Waals surface area contributed by atoms with Crippen molar-refractivity contribution in [2.45, 2.75) is 0 Å². The van der Waals surface area contributed by atoms with Crippen LogP contribution in [0.1, 0.15) is 10.4 Å². The van der Waals surface area contributed by atoms with Crippen molar-refractivity contribution in [3.05, 3.63) is 28.2 Å². The van der Waals surface area contributed by atoms with E-state index < -0.39 is 0 Å². The summed E-state index contributed by atoms with van der Waals surface area (Å²) < 4.78 is 5.66. The minimum atomic E-state index is -0.362. The predicted molar refractivity (Wildman–Crippen MR) is 68.1 cm³/mol. The summed E-state index contributed by atoms with van der Waals surface area (Å²) in [5.41, 5.74) is 10.3. The van der Waals surface area contributed by atoms with E-state index in [2.05, 4.69) is 39.0 Å². The number of carbonyl (C=O) groups is 1. The largest absolute Gasteiger partial charge is 0.497 e. The SMILES string of the molecule is COc1ccc(Br)c(C(=O)NNC(N)=S)c1. The Labute approximate surface area is 106 Å². The van der Waals surface area contributed by atoms with Crippen molar-refractivity contribution in [1.82, 2.24) is 10.9 Å². The number of hydrazine groups is 1. The first-order chi connectivity index (χ1) is 7.54. The average molecular weight is 304 g/mol. The van der Waals surface area contributed by atoms with Gasteiger partial charge in [0.05, 0.1) is 12.7 Å². The molecule has 5 nitrogen and oxygen atoms in total. The van der Waals surface area contributed by atoms with E-state index in [4.69, 9.17) is 10.5 Å². The molecule has 0 bridgehead atoms. The maximum atomic E-state index is 11.7. The number of nitrogens with two attached hydrogens (primary N) is 1. The Bertz CT molecular complexity index is 425. The van der Waals surface area contributed by atoms with Crippen molar-refractivity contribution >= 4 is 39.2 Å². The predicted octanol–water partition coefficient (Wildman–Crippen LogP) is 0.936. The Morgan fingerprint density at radius 3 is 2.75 bits per heavy atom. The van der Waals surface area contributed by atoms with Crippen molar-refractivity contribution in [3.63, 3.8) is 0 Å². The second kappa shape index (κ2) is 5.66. The first-order valence-corrected chi connectivity index (χ1v) is 5.44. The lowest BCUT2D eigenvalue weighted by Gasteiger charge is -2.09. The molecule has 1 amide bonds. The van der Waals surface area contributed by atoms with Crippen LogP contribution in [0.4, 0.5) is 0 Å². The summed E-state index contributed by atoms with van der Waals surface area (Å²) in [4.78, 5) is 11.7. The molecule has 1 rings (SSSR count). The fourth-order valence-corrected chi connectivity index (χ4v) is 1.47. The van der Waals surface area contributed by atoms with Gasteiger partial charge in [-0.2, -0.15) is 0 Å². The van der Waals surface area contributed by atoms with Crippen LogP contribution in [-0.4, -0.2) is 18.1 Å². The molecule has 0 spiro atoms.